The van der Waals surface area contributed by atoms with E-state index in [-0.39, 0.29) is 53.2 Å². The number of ketones is 1. The van der Waals surface area contributed by atoms with Gasteiger partial charge in [0.25, 0.3) is 16.6 Å². The van der Waals surface area contributed by atoms with Crippen molar-refractivity contribution >= 4 is 49.1 Å². The van der Waals surface area contributed by atoms with Crippen LogP contribution in [0.5, 0.6) is 11.5 Å². The maximum atomic E-state index is 14.6. The Kier molecular flexibility index (Phi) is 16.7. The molecule has 0 spiro atoms. The van der Waals surface area contributed by atoms with Gasteiger partial charge in [-0.15, -0.1) is 0 Å². The number of hydrogen-bond donors (Lipinski definition) is 1. The van der Waals surface area contributed by atoms with Gasteiger partial charge in [0.15, 0.2) is 0 Å². The predicted molar refractivity (Wildman–Crippen MR) is 271 cm³/mol. The number of carbonyl (C=O) groups is 2. The highest BCUT2D eigenvalue weighted by atomic mass is 28.4. The largest absolute Gasteiger partial charge is 0.497 e. The van der Waals surface area contributed by atoms with Gasteiger partial charge in [0.1, 0.15) is 17.3 Å². The number of methoxy groups -OCH3 is 2. The Balaban J connectivity index is 1.45. The van der Waals surface area contributed by atoms with Crippen LogP contribution in [0.15, 0.2) is 152 Å². The second-order valence-electron chi connectivity index (χ2n) is 19.5. The number of Topliss-reactive ketones (excluding diaryl/α,β-unsaturated/α-hetero) is 1. The van der Waals surface area contributed by atoms with Crippen molar-refractivity contribution in [1.82, 2.24) is 5.32 Å². The van der Waals surface area contributed by atoms with Gasteiger partial charge in [0.2, 0.25) is 5.91 Å². The second-order valence-corrected chi connectivity index (χ2v) is 28.0. The molecule has 344 valence electrons. The maximum absolute atomic E-state index is 14.6. The summed E-state index contributed by atoms with van der Waals surface area (Å²) in [5, 5.41) is 7.32. The molecule has 0 radical (unpaired) electrons. The summed E-state index contributed by atoms with van der Waals surface area (Å²) in [5.74, 6) is 0.139. The first-order valence-corrected chi connectivity index (χ1v) is 27.3. The monoisotopic (exact) mass is 909 g/mol. The van der Waals surface area contributed by atoms with Gasteiger partial charge < -0.3 is 23.6 Å². The molecule has 3 unspecified atom stereocenters. The first-order chi connectivity index (χ1) is 31.2. The number of ether oxygens (including phenoxy) is 2. The van der Waals surface area contributed by atoms with Crippen LogP contribution in [0, 0.1) is 11.8 Å². The summed E-state index contributed by atoms with van der Waals surface area (Å²) in [7, 11) is -2.84. The lowest BCUT2D eigenvalue weighted by molar-refractivity contribution is -0.128. The van der Waals surface area contributed by atoms with E-state index in [2.05, 4.69) is 175 Å². The molecule has 6 rings (SSSR count). The molecule has 1 aliphatic rings. The molecule has 5 aromatic carbocycles. The van der Waals surface area contributed by atoms with Gasteiger partial charge in [-0.25, -0.2) is 0 Å². The Bertz CT molecular complexity index is 2230. The number of unbranched alkanes of at least 4 members (excludes halogenated alkanes) is 2. The third-order valence-corrected chi connectivity index (χ3v) is 23.3. The molecule has 1 N–H and O–H groups in total. The van der Waals surface area contributed by atoms with Crippen molar-refractivity contribution in [3.8, 4) is 11.5 Å². The van der Waals surface area contributed by atoms with Gasteiger partial charge in [-0.1, -0.05) is 201 Å². The molecule has 5 aromatic rings. The Labute approximate surface area is 391 Å². The maximum Gasteiger partial charge on any atom is 0.261 e. The molecule has 4 atom stereocenters. The van der Waals surface area contributed by atoms with Gasteiger partial charge in [0, 0.05) is 42.9 Å². The molecule has 7 nitrogen and oxygen atoms in total. The fraction of sp³-hybridized carbons (Fsp3) is 0.393. The molecular weight excluding hydrogens is 839 g/mol. The van der Waals surface area contributed by atoms with Gasteiger partial charge >= 0.3 is 0 Å². The molecule has 0 heterocycles. The summed E-state index contributed by atoms with van der Waals surface area (Å²) in [4.78, 5) is 28.7. The van der Waals surface area contributed by atoms with Crippen LogP contribution in [0.3, 0.4) is 0 Å². The summed E-state index contributed by atoms with van der Waals surface area (Å²) < 4.78 is 26.7. The lowest BCUT2D eigenvalue weighted by Gasteiger charge is -2.45. The van der Waals surface area contributed by atoms with Crippen molar-refractivity contribution < 1.29 is 27.9 Å². The normalized spacial score (nSPS) is 17.6. The fourth-order valence-electron chi connectivity index (χ4n) is 9.93. The SMILES string of the molecule is CCCCC[C@@H](C=CC1C(O[Si](c2ccccc2)(c2ccccc2)C(C)(C)C)CC(=O)C1CC(=O)NCc1ccc(OC)cc1OC)O[Si](c1ccccc1)(c1ccccc1)C(C)(C)C. The average molecular weight is 910 g/mol. The summed E-state index contributed by atoms with van der Waals surface area (Å²) in [5.41, 5.74) is 0.819. The van der Waals surface area contributed by atoms with Crippen LogP contribution in [0.2, 0.25) is 10.1 Å². The zero-order chi connectivity index (χ0) is 46.7. The smallest absolute Gasteiger partial charge is 0.261 e. The van der Waals surface area contributed by atoms with E-state index in [4.69, 9.17) is 18.3 Å². The molecule has 9 heteroatoms. The lowest BCUT2D eigenvalue weighted by atomic mass is 9.90. The van der Waals surface area contributed by atoms with Gasteiger partial charge in [-0.05, 0) is 49.4 Å². The molecule has 1 fully saturated rings. The van der Waals surface area contributed by atoms with Crippen molar-refractivity contribution in [2.45, 2.75) is 116 Å². The molecule has 0 saturated heterocycles. The quantitative estimate of drug-likeness (QED) is 0.0476. The predicted octanol–water partition coefficient (Wildman–Crippen LogP) is 9.94. The van der Waals surface area contributed by atoms with Gasteiger partial charge in [-0.2, -0.15) is 0 Å². The van der Waals surface area contributed by atoms with Crippen LogP contribution in [0.25, 0.3) is 0 Å². The minimum atomic E-state index is -3.10. The van der Waals surface area contributed by atoms with Crippen LogP contribution in [-0.2, 0) is 25.0 Å². The Morgan fingerprint density at radius 1 is 0.708 bits per heavy atom. The highest BCUT2D eigenvalue weighted by molar-refractivity contribution is 7.00. The van der Waals surface area contributed by atoms with E-state index in [1.807, 2.05) is 24.3 Å². The standard InChI is InChI=1S/C56H71NO6Si2/c1-10-11-16-25-43(62-64(55(2,3)4,45-26-17-12-18-27-45)46-28-19-13-20-29-46)36-37-49-50(39-54(59)57-41-42-34-35-44(60-8)38-52(42)61-9)51(58)40-53(49)63-65(56(5,6)7,47-30-21-14-22-31-47)48-32-23-15-24-33-48/h12-15,17-24,26-38,43,49-50,53H,10-11,16,25,39-41H2,1-9H3,(H,57,59)/t43-,49?,50?,53?/m0/s1. The Morgan fingerprint density at radius 3 is 1.68 bits per heavy atom. The Hall–Kier alpha value is -5.07. The van der Waals surface area contributed by atoms with E-state index in [0.717, 1.165) is 41.6 Å². The van der Waals surface area contributed by atoms with E-state index in [1.54, 1.807) is 20.3 Å². The van der Waals surface area contributed by atoms with E-state index < -0.39 is 28.7 Å². The molecule has 1 saturated carbocycles. The van der Waals surface area contributed by atoms with Crippen LogP contribution in [-0.4, -0.2) is 54.8 Å². The van der Waals surface area contributed by atoms with Crippen molar-refractivity contribution in [2.24, 2.45) is 11.8 Å². The summed E-state index contributed by atoms with van der Waals surface area (Å²) in [6, 6.07) is 48.3. The lowest BCUT2D eigenvalue weighted by Crippen LogP contribution is -2.68. The van der Waals surface area contributed by atoms with E-state index >= 15 is 0 Å². The van der Waals surface area contributed by atoms with Crippen molar-refractivity contribution in [2.75, 3.05) is 14.2 Å². The molecule has 1 amide bonds. The molecule has 1 aliphatic carbocycles. The van der Waals surface area contributed by atoms with E-state index in [1.165, 1.54) is 10.4 Å². The fourth-order valence-corrected chi connectivity index (χ4v) is 19.3. The number of hydrogen-bond acceptors (Lipinski definition) is 6. The van der Waals surface area contributed by atoms with Gasteiger partial charge in [-0.3, -0.25) is 9.59 Å². The van der Waals surface area contributed by atoms with Crippen LogP contribution >= 0.6 is 0 Å². The third-order valence-electron chi connectivity index (χ3n) is 13.2. The molecule has 65 heavy (non-hydrogen) atoms. The molecular formula is C56H71NO6Si2. The van der Waals surface area contributed by atoms with Crippen LogP contribution < -0.4 is 35.5 Å². The number of amides is 1. The van der Waals surface area contributed by atoms with Crippen LogP contribution in [0.1, 0.15) is 92.6 Å². The third kappa shape index (κ3) is 11.1. The topological polar surface area (TPSA) is 83.1 Å². The number of rotatable bonds is 20. The number of nitrogens with one attached hydrogen (secondary N) is 1. The molecule has 0 bridgehead atoms. The summed E-state index contributed by atoms with van der Waals surface area (Å²) >= 11 is 0. The first kappa shape index (κ1) is 49.4. The summed E-state index contributed by atoms with van der Waals surface area (Å²) in [6.07, 6.45) is 7.92. The molecule has 0 aromatic heterocycles. The van der Waals surface area contributed by atoms with Crippen molar-refractivity contribution in [3.63, 3.8) is 0 Å². The van der Waals surface area contributed by atoms with E-state index in [0.29, 0.717) is 11.5 Å². The highest BCUT2D eigenvalue weighted by Gasteiger charge is 2.55. The van der Waals surface area contributed by atoms with E-state index in [9.17, 15) is 9.59 Å². The average Bonchev–Trinajstić information content (AvgIpc) is 3.60. The summed E-state index contributed by atoms with van der Waals surface area (Å²) in [6.45, 7) is 16.2. The second kappa shape index (κ2) is 21.9. The van der Waals surface area contributed by atoms with Crippen LogP contribution in [0.4, 0.5) is 0 Å². The highest BCUT2D eigenvalue weighted by Crippen LogP contribution is 2.44. The zero-order valence-electron chi connectivity index (χ0n) is 40.1. The van der Waals surface area contributed by atoms with Crippen molar-refractivity contribution in [1.29, 1.82) is 0 Å². The minimum Gasteiger partial charge on any atom is -0.497 e. The number of benzene rings is 5. The zero-order valence-corrected chi connectivity index (χ0v) is 42.1. The van der Waals surface area contributed by atoms with Gasteiger partial charge in [0.05, 0.1) is 26.4 Å². The van der Waals surface area contributed by atoms with Crippen molar-refractivity contribution in [3.05, 3.63) is 157 Å². The Morgan fingerprint density at radius 2 is 1.22 bits per heavy atom. The minimum absolute atomic E-state index is 0.0307. The first-order valence-electron chi connectivity index (χ1n) is 23.4. The number of carbonyl (C=O) groups excluding carboxylic acids is 2. The molecule has 0 aliphatic heterocycles.